The first kappa shape index (κ1) is 26.1. The van der Waals surface area contributed by atoms with Crippen LogP contribution in [0.1, 0.15) is 48.9 Å². The van der Waals surface area contributed by atoms with Crippen LogP contribution >= 0.6 is 0 Å². The molecule has 2 N–H and O–H groups in total. The van der Waals surface area contributed by atoms with Crippen LogP contribution in [0.4, 0.5) is 20.2 Å². The Morgan fingerprint density at radius 2 is 1.85 bits per heavy atom. The summed E-state index contributed by atoms with van der Waals surface area (Å²) in [5, 5.41) is 10.5. The lowest BCUT2D eigenvalue weighted by Crippen LogP contribution is -2.30. The first-order valence-electron chi connectivity index (χ1n) is 13.5. The van der Waals surface area contributed by atoms with Gasteiger partial charge in [-0.05, 0) is 49.7 Å². The van der Waals surface area contributed by atoms with Gasteiger partial charge in [0.15, 0.2) is 11.6 Å². The number of para-hydroxylation sites is 1. The number of anilines is 2. The molecule has 1 amide bonds. The number of rotatable bonds is 5. The van der Waals surface area contributed by atoms with Crippen LogP contribution in [0.5, 0.6) is 0 Å². The van der Waals surface area contributed by atoms with Crippen molar-refractivity contribution in [1.82, 2.24) is 24.6 Å². The first-order chi connectivity index (χ1) is 19.2. The minimum absolute atomic E-state index is 0.157. The summed E-state index contributed by atoms with van der Waals surface area (Å²) in [5.41, 5.74) is 1.80. The van der Waals surface area contributed by atoms with Crippen LogP contribution in [0, 0.1) is 17.0 Å². The second-order valence-electron chi connectivity index (χ2n) is 11.1. The van der Waals surface area contributed by atoms with Crippen molar-refractivity contribution in [3.8, 4) is 5.69 Å². The Kier molecular flexibility index (Phi) is 6.41. The molecule has 0 aliphatic carbocycles. The average molecular weight is 548 g/mol. The van der Waals surface area contributed by atoms with Gasteiger partial charge in [0.25, 0.3) is 11.5 Å². The van der Waals surface area contributed by atoms with Crippen molar-refractivity contribution >= 4 is 28.3 Å². The Labute approximate surface area is 229 Å². The molecule has 2 aromatic carbocycles. The van der Waals surface area contributed by atoms with Crippen molar-refractivity contribution in [2.75, 3.05) is 36.4 Å². The maximum absolute atomic E-state index is 14.4. The fourth-order valence-corrected chi connectivity index (χ4v) is 6.04. The van der Waals surface area contributed by atoms with Crippen molar-refractivity contribution < 1.29 is 13.6 Å². The minimum Gasteiger partial charge on any atom is -0.367 e. The molecule has 208 valence electrons. The van der Waals surface area contributed by atoms with Gasteiger partial charge in [-0.15, -0.1) is 0 Å². The standard InChI is InChI=1S/C29H31F2N7O2/c1-17(2)27-34-24-22(36(27)3)9-7-20(26(24)37-14-12-29(16-37)11-13-32-15-29)33-28(40)21-8-10-23(39)38(35-21)25-18(30)5-4-6-19(25)31/h4-10,17,32H,11-16H2,1-3H3,(H,33,40). The molecule has 1 atom stereocenters. The Morgan fingerprint density at radius 3 is 2.55 bits per heavy atom. The molecule has 4 heterocycles. The number of fused-ring (bicyclic) bond motifs is 1. The smallest absolute Gasteiger partial charge is 0.276 e. The van der Waals surface area contributed by atoms with Crippen molar-refractivity contribution in [2.24, 2.45) is 12.5 Å². The lowest BCUT2D eigenvalue weighted by atomic mass is 9.86. The molecule has 2 aromatic heterocycles. The highest BCUT2D eigenvalue weighted by Gasteiger charge is 2.41. The summed E-state index contributed by atoms with van der Waals surface area (Å²) >= 11 is 0. The molecule has 11 heteroatoms. The maximum Gasteiger partial charge on any atom is 0.276 e. The number of hydrogen-bond acceptors (Lipinski definition) is 6. The van der Waals surface area contributed by atoms with E-state index in [0.717, 1.165) is 79.8 Å². The van der Waals surface area contributed by atoms with Crippen LogP contribution in [0.3, 0.4) is 0 Å². The summed E-state index contributed by atoms with van der Waals surface area (Å²) in [7, 11) is 1.99. The Bertz CT molecular complexity index is 1670. The van der Waals surface area contributed by atoms with Gasteiger partial charge in [0.05, 0.1) is 16.9 Å². The summed E-state index contributed by atoms with van der Waals surface area (Å²) in [4.78, 5) is 33.2. The third-order valence-corrected chi connectivity index (χ3v) is 8.09. The fourth-order valence-electron chi connectivity index (χ4n) is 6.04. The van der Waals surface area contributed by atoms with E-state index >= 15 is 0 Å². The topological polar surface area (TPSA) is 97.1 Å². The lowest BCUT2D eigenvalue weighted by Gasteiger charge is -2.26. The van der Waals surface area contributed by atoms with E-state index in [1.54, 1.807) is 0 Å². The number of hydrogen-bond donors (Lipinski definition) is 2. The van der Waals surface area contributed by atoms with Crippen molar-refractivity contribution in [3.05, 3.63) is 76.0 Å². The summed E-state index contributed by atoms with van der Waals surface area (Å²) in [5.74, 6) is -1.38. The third-order valence-electron chi connectivity index (χ3n) is 8.09. The Balaban J connectivity index is 1.41. The molecular formula is C29H31F2N7O2. The van der Waals surface area contributed by atoms with Gasteiger partial charge < -0.3 is 20.1 Å². The van der Waals surface area contributed by atoms with Gasteiger partial charge in [0, 0.05) is 44.1 Å². The molecule has 4 aromatic rings. The van der Waals surface area contributed by atoms with Gasteiger partial charge in [0.1, 0.15) is 22.7 Å². The van der Waals surface area contributed by atoms with Crippen molar-refractivity contribution in [3.63, 3.8) is 0 Å². The van der Waals surface area contributed by atoms with E-state index in [2.05, 4.69) is 39.0 Å². The van der Waals surface area contributed by atoms with Gasteiger partial charge in [-0.3, -0.25) is 9.59 Å². The Hall–Kier alpha value is -4.12. The van der Waals surface area contributed by atoms with Crippen molar-refractivity contribution in [1.29, 1.82) is 0 Å². The number of aromatic nitrogens is 4. The number of nitrogens with one attached hydrogen (secondary N) is 2. The predicted octanol–water partition coefficient (Wildman–Crippen LogP) is 3.96. The summed E-state index contributed by atoms with van der Waals surface area (Å²) in [6.07, 6.45) is 2.13. The molecule has 1 unspecified atom stereocenters. The third kappa shape index (κ3) is 4.34. The zero-order valence-electron chi connectivity index (χ0n) is 22.7. The number of imidazole rings is 1. The normalized spacial score (nSPS) is 18.9. The number of halogens is 2. The molecule has 6 rings (SSSR count). The molecule has 9 nitrogen and oxygen atoms in total. The molecular weight excluding hydrogens is 516 g/mol. The maximum atomic E-state index is 14.4. The van der Waals surface area contributed by atoms with E-state index in [4.69, 9.17) is 4.98 Å². The molecule has 2 saturated heterocycles. The molecule has 2 aliphatic rings. The van der Waals surface area contributed by atoms with E-state index < -0.39 is 28.8 Å². The monoisotopic (exact) mass is 547 g/mol. The SMILES string of the molecule is CC(C)c1nc2c(N3CCC4(CCNC4)C3)c(NC(=O)c3ccc(=O)n(-c4c(F)cccc4F)n3)ccc2n1C. The fraction of sp³-hybridized carbons (Fsp3) is 0.379. The quantitative estimate of drug-likeness (QED) is 0.393. The van der Waals surface area contributed by atoms with E-state index in [9.17, 15) is 18.4 Å². The molecule has 0 radical (unpaired) electrons. The highest BCUT2D eigenvalue weighted by molar-refractivity contribution is 6.08. The predicted molar refractivity (Wildman–Crippen MR) is 149 cm³/mol. The number of benzene rings is 2. The second-order valence-corrected chi connectivity index (χ2v) is 11.1. The van der Waals surface area contributed by atoms with Gasteiger partial charge >= 0.3 is 0 Å². The molecule has 1 spiro atoms. The second kappa shape index (κ2) is 9.81. The van der Waals surface area contributed by atoms with Gasteiger partial charge in [-0.1, -0.05) is 19.9 Å². The first-order valence-corrected chi connectivity index (χ1v) is 13.5. The van der Waals surface area contributed by atoms with Gasteiger partial charge in [-0.25, -0.2) is 13.8 Å². The summed E-state index contributed by atoms with van der Waals surface area (Å²) < 4.78 is 31.5. The van der Waals surface area contributed by atoms with E-state index in [1.807, 2.05) is 19.2 Å². The van der Waals surface area contributed by atoms with Gasteiger partial charge in [0.2, 0.25) is 0 Å². The van der Waals surface area contributed by atoms with Crippen LogP contribution in [0.2, 0.25) is 0 Å². The van der Waals surface area contributed by atoms with Crippen LogP contribution in [0.15, 0.2) is 47.3 Å². The number of carbonyl (C=O) groups is 1. The molecule has 0 bridgehead atoms. The number of amides is 1. The van der Waals surface area contributed by atoms with E-state index in [1.165, 1.54) is 12.1 Å². The number of nitrogens with zero attached hydrogens (tertiary/aromatic N) is 5. The largest absolute Gasteiger partial charge is 0.367 e. The van der Waals surface area contributed by atoms with E-state index in [0.29, 0.717) is 10.4 Å². The van der Waals surface area contributed by atoms with E-state index in [-0.39, 0.29) is 17.0 Å². The molecule has 40 heavy (non-hydrogen) atoms. The lowest BCUT2D eigenvalue weighted by molar-refractivity contribution is 0.102. The van der Waals surface area contributed by atoms with Crippen molar-refractivity contribution in [2.45, 2.75) is 32.6 Å². The number of carbonyl (C=O) groups excluding carboxylic acids is 1. The molecule has 2 aliphatic heterocycles. The summed E-state index contributed by atoms with van der Waals surface area (Å²) in [6.45, 7) is 7.80. The molecule has 0 saturated carbocycles. The zero-order valence-corrected chi connectivity index (χ0v) is 22.7. The highest BCUT2D eigenvalue weighted by atomic mass is 19.1. The Morgan fingerprint density at radius 1 is 1.07 bits per heavy atom. The highest BCUT2D eigenvalue weighted by Crippen LogP contribution is 2.43. The minimum atomic E-state index is -0.958. The number of aryl methyl sites for hydroxylation is 1. The van der Waals surface area contributed by atoms with Gasteiger partial charge in [-0.2, -0.15) is 9.78 Å². The van der Waals surface area contributed by atoms with Crippen LogP contribution in [0.25, 0.3) is 16.7 Å². The average Bonchev–Trinajstić information content (AvgIpc) is 3.64. The molecule has 2 fully saturated rings. The van der Waals surface area contributed by atoms with Crippen LogP contribution in [-0.2, 0) is 7.05 Å². The summed E-state index contributed by atoms with van der Waals surface area (Å²) in [6, 6.07) is 9.36. The van der Waals surface area contributed by atoms with Crippen LogP contribution in [-0.4, -0.2) is 51.4 Å². The van der Waals surface area contributed by atoms with Crippen LogP contribution < -0.4 is 21.1 Å². The zero-order chi connectivity index (χ0) is 28.2.